The van der Waals surface area contributed by atoms with E-state index in [4.69, 9.17) is 16.3 Å². The first-order chi connectivity index (χ1) is 14.5. The topological polar surface area (TPSA) is 75.5 Å². The lowest BCUT2D eigenvalue weighted by Crippen LogP contribution is -2.50. The van der Waals surface area contributed by atoms with E-state index in [-0.39, 0.29) is 6.03 Å². The second-order valence-corrected chi connectivity index (χ2v) is 7.67. The Bertz CT molecular complexity index is 1050. The van der Waals surface area contributed by atoms with Crippen LogP contribution >= 0.6 is 11.6 Å². The number of urea groups is 1. The number of anilines is 1. The molecule has 1 aliphatic heterocycles. The molecule has 0 unspecified atom stereocenters. The third-order valence-corrected chi connectivity index (χ3v) is 5.69. The summed E-state index contributed by atoms with van der Waals surface area (Å²) in [7, 11) is 1.56. The zero-order chi connectivity index (χ0) is 21.1. The first-order valence-corrected chi connectivity index (χ1v) is 10.3. The fourth-order valence-electron chi connectivity index (χ4n) is 3.70. The number of methoxy groups -OCH3 is 1. The maximum atomic E-state index is 12.6. The molecule has 0 atom stereocenters. The Balaban J connectivity index is 1.29. The summed E-state index contributed by atoms with van der Waals surface area (Å²) in [5.41, 5.74) is 2.50. The van der Waals surface area contributed by atoms with Crippen LogP contribution in [-0.2, 0) is 6.54 Å². The molecule has 0 bridgehead atoms. The molecule has 0 radical (unpaired) electrons. The van der Waals surface area contributed by atoms with Gasteiger partial charge in [0.1, 0.15) is 17.1 Å². The zero-order valence-electron chi connectivity index (χ0n) is 17.1. The molecule has 0 saturated carbocycles. The van der Waals surface area contributed by atoms with Crippen molar-refractivity contribution in [3.05, 3.63) is 47.4 Å². The smallest absolute Gasteiger partial charge is 0.321 e. The molecule has 9 heteroatoms. The van der Waals surface area contributed by atoms with E-state index in [0.717, 1.165) is 43.2 Å². The van der Waals surface area contributed by atoms with Gasteiger partial charge in [-0.1, -0.05) is 11.6 Å². The Labute approximate surface area is 180 Å². The van der Waals surface area contributed by atoms with Crippen LogP contribution in [0, 0.1) is 6.92 Å². The minimum absolute atomic E-state index is 0.114. The van der Waals surface area contributed by atoms with Crippen molar-refractivity contribution in [1.82, 2.24) is 24.3 Å². The molecule has 4 rings (SSSR count). The quantitative estimate of drug-likeness (QED) is 0.675. The van der Waals surface area contributed by atoms with Crippen molar-refractivity contribution in [2.45, 2.75) is 13.5 Å². The van der Waals surface area contributed by atoms with Gasteiger partial charge in [0.15, 0.2) is 5.65 Å². The number of rotatable bonds is 5. The van der Waals surface area contributed by atoms with Gasteiger partial charge in [0.25, 0.3) is 0 Å². The van der Waals surface area contributed by atoms with Gasteiger partial charge in [-0.05, 0) is 37.3 Å². The highest BCUT2D eigenvalue weighted by molar-refractivity contribution is 6.32. The van der Waals surface area contributed by atoms with Crippen LogP contribution < -0.4 is 10.1 Å². The van der Waals surface area contributed by atoms with Crippen molar-refractivity contribution < 1.29 is 9.53 Å². The fraction of sp³-hybridized carbons (Fsp3) is 0.381. The monoisotopic (exact) mass is 428 g/mol. The first kappa shape index (κ1) is 20.4. The van der Waals surface area contributed by atoms with E-state index in [1.807, 2.05) is 24.0 Å². The van der Waals surface area contributed by atoms with Crippen molar-refractivity contribution >= 4 is 34.5 Å². The molecular weight excluding hydrogens is 404 g/mol. The number of halogens is 1. The van der Waals surface area contributed by atoms with Gasteiger partial charge in [0.2, 0.25) is 0 Å². The van der Waals surface area contributed by atoms with Gasteiger partial charge in [-0.15, -0.1) is 0 Å². The van der Waals surface area contributed by atoms with Crippen LogP contribution in [-0.4, -0.2) is 70.2 Å². The Kier molecular flexibility index (Phi) is 6.06. The summed E-state index contributed by atoms with van der Waals surface area (Å²) in [5, 5.41) is 3.38. The van der Waals surface area contributed by atoms with Gasteiger partial charge < -0.3 is 19.5 Å². The summed E-state index contributed by atoms with van der Waals surface area (Å²) >= 11 is 6.13. The van der Waals surface area contributed by atoms with Crippen LogP contribution in [0.5, 0.6) is 5.75 Å². The number of amides is 2. The van der Waals surface area contributed by atoms with E-state index < -0.39 is 0 Å². The Hall–Kier alpha value is -2.84. The minimum atomic E-state index is -0.114. The summed E-state index contributed by atoms with van der Waals surface area (Å²) in [6.07, 6.45) is 1.80. The molecule has 158 valence electrons. The number of hydrogen-bond donors (Lipinski definition) is 1. The highest BCUT2D eigenvalue weighted by atomic mass is 35.5. The van der Waals surface area contributed by atoms with Crippen molar-refractivity contribution in [3.63, 3.8) is 0 Å². The van der Waals surface area contributed by atoms with Crippen LogP contribution in [0.15, 0.2) is 36.5 Å². The zero-order valence-corrected chi connectivity index (χ0v) is 17.9. The number of benzene rings is 1. The predicted molar refractivity (Wildman–Crippen MR) is 117 cm³/mol. The van der Waals surface area contributed by atoms with Crippen LogP contribution in [0.2, 0.25) is 5.02 Å². The van der Waals surface area contributed by atoms with Crippen LogP contribution in [0.1, 0.15) is 5.82 Å². The number of aromatic nitrogens is 3. The number of nitrogens with one attached hydrogen (secondary N) is 1. The summed E-state index contributed by atoms with van der Waals surface area (Å²) < 4.78 is 7.30. The summed E-state index contributed by atoms with van der Waals surface area (Å²) in [6.45, 7) is 6.75. The Morgan fingerprint density at radius 3 is 2.73 bits per heavy atom. The van der Waals surface area contributed by atoms with Gasteiger partial charge >= 0.3 is 6.03 Å². The van der Waals surface area contributed by atoms with Gasteiger partial charge in [0.05, 0.1) is 12.1 Å². The molecule has 1 aromatic carbocycles. The molecule has 0 aliphatic carbocycles. The SMILES string of the molecule is COc1ccc(NC(=O)N2CCN(CCn3c(C)nc4cccnc43)CC2)cc1Cl. The third-order valence-electron chi connectivity index (χ3n) is 5.40. The fourth-order valence-corrected chi connectivity index (χ4v) is 3.96. The van der Waals surface area contributed by atoms with E-state index in [1.54, 1.807) is 31.5 Å². The van der Waals surface area contributed by atoms with Crippen molar-refractivity contribution in [1.29, 1.82) is 0 Å². The molecule has 1 N–H and O–H groups in total. The lowest BCUT2D eigenvalue weighted by atomic mass is 10.3. The van der Waals surface area contributed by atoms with Gasteiger partial charge in [-0.25, -0.2) is 14.8 Å². The number of pyridine rings is 1. The molecule has 0 spiro atoms. The summed E-state index contributed by atoms with van der Waals surface area (Å²) in [5.74, 6) is 1.55. The summed E-state index contributed by atoms with van der Waals surface area (Å²) in [4.78, 5) is 25.8. The van der Waals surface area contributed by atoms with Gasteiger partial charge in [0, 0.05) is 51.2 Å². The number of carbonyl (C=O) groups is 1. The van der Waals surface area contributed by atoms with Crippen molar-refractivity contribution in [2.75, 3.05) is 45.2 Å². The standard InChI is InChI=1S/C21H25ClN6O2/c1-15-24-18-4-3-7-23-20(18)28(15)13-10-26-8-11-27(12-9-26)21(29)25-16-5-6-19(30-2)17(22)14-16/h3-7,14H,8-13H2,1-2H3,(H,25,29). The number of aryl methyl sites for hydroxylation is 1. The van der Waals surface area contributed by atoms with Crippen LogP contribution in [0.3, 0.4) is 0 Å². The van der Waals surface area contributed by atoms with Gasteiger partial charge in [-0.3, -0.25) is 4.90 Å². The molecule has 1 saturated heterocycles. The minimum Gasteiger partial charge on any atom is -0.495 e. The molecule has 1 fully saturated rings. The Morgan fingerprint density at radius 2 is 2.00 bits per heavy atom. The molecule has 8 nitrogen and oxygen atoms in total. The number of fused-ring (bicyclic) bond motifs is 1. The van der Waals surface area contributed by atoms with E-state index >= 15 is 0 Å². The van der Waals surface area contributed by atoms with Crippen molar-refractivity contribution in [3.8, 4) is 5.75 Å². The maximum absolute atomic E-state index is 12.6. The van der Waals surface area contributed by atoms with E-state index in [0.29, 0.717) is 29.5 Å². The number of ether oxygens (including phenoxy) is 1. The molecule has 1 aliphatic rings. The lowest BCUT2D eigenvalue weighted by Gasteiger charge is -2.34. The van der Waals surface area contributed by atoms with Gasteiger partial charge in [-0.2, -0.15) is 0 Å². The third kappa shape index (κ3) is 4.34. The first-order valence-electron chi connectivity index (χ1n) is 9.95. The van der Waals surface area contributed by atoms with E-state index in [2.05, 4.69) is 24.8 Å². The van der Waals surface area contributed by atoms with Crippen molar-refractivity contribution in [2.24, 2.45) is 0 Å². The molecule has 3 aromatic rings. The summed E-state index contributed by atoms with van der Waals surface area (Å²) in [6, 6.07) is 9.00. The highest BCUT2D eigenvalue weighted by Crippen LogP contribution is 2.27. The molecule has 2 aromatic heterocycles. The number of imidazole rings is 1. The predicted octanol–water partition coefficient (Wildman–Crippen LogP) is 3.25. The largest absolute Gasteiger partial charge is 0.495 e. The Morgan fingerprint density at radius 1 is 1.20 bits per heavy atom. The van der Waals surface area contributed by atoms with Crippen LogP contribution in [0.25, 0.3) is 11.2 Å². The van der Waals surface area contributed by atoms with E-state index in [9.17, 15) is 4.79 Å². The number of carbonyl (C=O) groups excluding carboxylic acids is 1. The average molecular weight is 429 g/mol. The molecule has 30 heavy (non-hydrogen) atoms. The second kappa shape index (κ2) is 8.89. The molecule has 2 amide bonds. The second-order valence-electron chi connectivity index (χ2n) is 7.26. The highest BCUT2D eigenvalue weighted by Gasteiger charge is 2.21. The molecule has 3 heterocycles. The number of nitrogens with zero attached hydrogens (tertiary/aromatic N) is 5. The maximum Gasteiger partial charge on any atom is 0.321 e. The average Bonchev–Trinajstić information content (AvgIpc) is 3.07. The van der Waals surface area contributed by atoms with E-state index in [1.165, 1.54) is 0 Å². The normalized spacial score (nSPS) is 14.8. The lowest BCUT2D eigenvalue weighted by molar-refractivity contribution is 0.144. The number of piperazine rings is 1. The number of hydrogen-bond acceptors (Lipinski definition) is 5. The van der Waals surface area contributed by atoms with Crippen LogP contribution in [0.4, 0.5) is 10.5 Å². The molecular formula is C21H25ClN6O2.